The molecule has 6 nitrogen and oxygen atoms in total. The molecule has 1 saturated heterocycles. The number of nitrogens with zero attached hydrogens (tertiary/aromatic N) is 4. The number of aryl methyl sites for hydroxylation is 1. The summed E-state index contributed by atoms with van der Waals surface area (Å²) in [5.74, 6) is 0.221. The second-order valence-corrected chi connectivity index (χ2v) is 7.48. The summed E-state index contributed by atoms with van der Waals surface area (Å²) in [7, 11) is 1.94. The van der Waals surface area contributed by atoms with Gasteiger partial charge in [-0.2, -0.15) is 0 Å². The zero-order chi connectivity index (χ0) is 20.4. The number of carbonyl (C=O) groups excluding carboxylic acids is 1. The van der Waals surface area contributed by atoms with Crippen LogP contribution in [0.15, 0.2) is 43.0 Å². The topological polar surface area (TPSA) is 63.1 Å². The van der Waals surface area contributed by atoms with Gasteiger partial charge in [0.15, 0.2) is 0 Å². The third-order valence-corrected chi connectivity index (χ3v) is 5.44. The molecule has 3 aromatic rings. The van der Waals surface area contributed by atoms with Crippen molar-refractivity contribution in [1.29, 1.82) is 0 Å². The minimum absolute atomic E-state index is 0.101. The Morgan fingerprint density at radius 2 is 2.00 bits per heavy atom. The van der Waals surface area contributed by atoms with Crippen molar-refractivity contribution >= 4 is 22.5 Å². The van der Waals surface area contributed by atoms with Gasteiger partial charge in [-0.25, -0.2) is 18.7 Å². The molecule has 0 spiro atoms. The first-order valence-electron chi connectivity index (χ1n) is 9.67. The van der Waals surface area contributed by atoms with E-state index in [0.717, 1.165) is 22.0 Å². The highest BCUT2D eigenvalue weighted by atomic mass is 19.3. The van der Waals surface area contributed by atoms with Crippen molar-refractivity contribution < 1.29 is 13.6 Å². The van der Waals surface area contributed by atoms with Crippen LogP contribution >= 0.6 is 0 Å². The molecule has 0 unspecified atom stereocenters. The zero-order valence-corrected chi connectivity index (χ0v) is 16.2. The number of imidazole rings is 1. The number of hydrogen-bond acceptors (Lipinski definition) is 4. The predicted octanol–water partition coefficient (Wildman–Crippen LogP) is 3.55. The molecule has 0 bridgehead atoms. The number of benzene rings is 1. The van der Waals surface area contributed by atoms with Crippen LogP contribution in [0.1, 0.15) is 12.8 Å². The number of alkyl halides is 2. The van der Waals surface area contributed by atoms with Crippen molar-refractivity contribution in [1.82, 2.24) is 19.4 Å². The minimum atomic E-state index is -2.33. The minimum Gasteiger partial charge on any atom is -0.334 e. The maximum atomic E-state index is 12.6. The third kappa shape index (κ3) is 4.42. The average Bonchev–Trinajstić information content (AvgIpc) is 3.13. The predicted molar refractivity (Wildman–Crippen MR) is 108 cm³/mol. The summed E-state index contributed by atoms with van der Waals surface area (Å²) in [6, 6.07) is 7.92. The number of aromatic nitrogens is 3. The SMILES string of the molecule is Cn1cncc1-c1ccc2cnc(NC(=O)C3CCN(CC(F)F)CC3)cc2c1. The zero-order valence-electron chi connectivity index (χ0n) is 16.2. The summed E-state index contributed by atoms with van der Waals surface area (Å²) < 4.78 is 26.9. The van der Waals surface area contributed by atoms with E-state index in [1.165, 1.54) is 0 Å². The quantitative estimate of drug-likeness (QED) is 0.713. The maximum absolute atomic E-state index is 12.6. The molecular weight excluding hydrogens is 376 g/mol. The van der Waals surface area contributed by atoms with Crippen molar-refractivity contribution in [3.63, 3.8) is 0 Å². The monoisotopic (exact) mass is 399 g/mol. The Morgan fingerprint density at radius 3 is 2.69 bits per heavy atom. The number of fused-ring (bicyclic) bond motifs is 1. The van der Waals surface area contributed by atoms with Crippen LogP contribution < -0.4 is 5.32 Å². The molecule has 0 radical (unpaired) electrons. The molecule has 1 aromatic carbocycles. The average molecular weight is 399 g/mol. The van der Waals surface area contributed by atoms with E-state index < -0.39 is 6.43 Å². The number of piperidine rings is 1. The fraction of sp³-hybridized carbons (Fsp3) is 0.381. The number of rotatable bonds is 5. The van der Waals surface area contributed by atoms with Gasteiger partial charge in [-0.3, -0.25) is 9.69 Å². The maximum Gasteiger partial charge on any atom is 0.251 e. The molecule has 2 aromatic heterocycles. The largest absolute Gasteiger partial charge is 0.334 e. The number of anilines is 1. The first kappa shape index (κ1) is 19.4. The van der Waals surface area contributed by atoms with Crippen LogP contribution in [0.2, 0.25) is 0 Å². The Hall–Kier alpha value is -2.87. The summed E-state index contributed by atoms with van der Waals surface area (Å²) in [6.45, 7) is 0.808. The molecule has 1 fully saturated rings. The first-order valence-corrected chi connectivity index (χ1v) is 9.67. The van der Waals surface area contributed by atoms with Gasteiger partial charge in [0, 0.05) is 30.1 Å². The van der Waals surface area contributed by atoms with Gasteiger partial charge in [-0.15, -0.1) is 0 Å². The second kappa shape index (κ2) is 8.24. The normalized spacial score (nSPS) is 15.9. The van der Waals surface area contributed by atoms with E-state index in [1.807, 2.05) is 42.1 Å². The van der Waals surface area contributed by atoms with E-state index in [4.69, 9.17) is 0 Å². The van der Waals surface area contributed by atoms with Gasteiger partial charge in [-0.05, 0) is 43.5 Å². The number of carbonyl (C=O) groups is 1. The van der Waals surface area contributed by atoms with Crippen LogP contribution in [0, 0.1) is 5.92 Å². The fourth-order valence-corrected chi connectivity index (χ4v) is 3.81. The molecule has 8 heteroatoms. The van der Waals surface area contributed by atoms with Gasteiger partial charge in [0.1, 0.15) is 5.82 Å². The van der Waals surface area contributed by atoms with Crippen LogP contribution in [0.5, 0.6) is 0 Å². The van der Waals surface area contributed by atoms with Crippen molar-refractivity contribution in [2.75, 3.05) is 25.0 Å². The van der Waals surface area contributed by atoms with Crippen molar-refractivity contribution in [2.45, 2.75) is 19.3 Å². The smallest absolute Gasteiger partial charge is 0.251 e. The molecular formula is C21H23F2N5O. The lowest BCUT2D eigenvalue weighted by Crippen LogP contribution is -2.40. The molecule has 1 amide bonds. The Labute approximate surface area is 167 Å². The van der Waals surface area contributed by atoms with E-state index >= 15 is 0 Å². The number of hydrogen-bond donors (Lipinski definition) is 1. The molecule has 0 atom stereocenters. The van der Waals surface area contributed by atoms with E-state index in [2.05, 4.69) is 15.3 Å². The number of nitrogens with one attached hydrogen (secondary N) is 1. The fourth-order valence-electron chi connectivity index (χ4n) is 3.81. The van der Waals surface area contributed by atoms with Crippen molar-refractivity contribution in [3.8, 4) is 11.3 Å². The van der Waals surface area contributed by atoms with Gasteiger partial charge < -0.3 is 9.88 Å². The van der Waals surface area contributed by atoms with Crippen molar-refractivity contribution in [2.24, 2.45) is 13.0 Å². The molecule has 1 N–H and O–H groups in total. The number of amides is 1. The number of likely N-dealkylation sites (tertiary alicyclic amines) is 1. The number of pyridine rings is 1. The van der Waals surface area contributed by atoms with E-state index in [0.29, 0.717) is 31.7 Å². The van der Waals surface area contributed by atoms with E-state index in [1.54, 1.807) is 17.4 Å². The summed E-state index contributed by atoms with van der Waals surface area (Å²) in [6.07, 6.45) is 4.13. The molecule has 1 aliphatic rings. The molecule has 29 heavy (non-hydrogen) atoms. The van der Waals surface area contributed by atoms with Crippen LogP contribution in [0.4, 0.5) is 14.6 Å². The highest BCUT2D eigenvalue weighted by Crippen LogP contribution is 2.26. The molecule has 3 heterocycles. The molecule has 152 valence electrons. The Kier molecular flexibility index (Phi) is 5.53. The summed E-state index contributed by atoms with van der Waals surface area (Å²) >= 11 is 0. The van der Waals surface area contributed by atoms with Gasteiger partial charge in [0.25, 0.3) is 6.43 Å². The molecule has 1 aliphatic heterocycles. The second-order valence-electron chi connectivity index (χ2n) is 7.48. The Bertz CT molecular complexity index is 1010. The molecule has 4 rings (SSSR count). The highest BCUT2D eigenvalue weighted by Gasteiger charge is 2.26. The van der Waals surface area contributed by atoms with Gasteiger partial charge >= 0.3 is 0 Å². The Morgan fingerprint density at radius 1 is 1.21 bits per heavy atom. The Balaban J connectivity index is 1.45. The van der Waals surface area contributed by atoms with Crippen molar-refractivity contribution in [3.05, 3.63) is 43.0 Å². The lowest BCUT2D eigenvalue weighted by atomic mass is 9.96. The molecule has 0 aliphatic carbocycles. The van der Waals surface area contributed by atoms with E-state index in [-0.39, 0.29) is 18.4 Å². The highest BCUT2D eigenvalue weighted by molar-refractivity contribution is 5.95. The summed E-state index contributed by atoms with van der Waals surface area (Å²) in [4.78, 5) is 22.8. The lowest BCUT2D eigenvalue weighted by Gasteiger charge is -2.30. The van der Waals surface area contributed by atoms with Crippen LogP contribution in [0.3, 0.4) is 0 Å². The van der Waals surface area contributed by atoms with Crippen LogP contribution in [-0.4, -0.2) is 51.4 Å². The van der Waals surface area contributed by atoms with Gasteiger partial charge in [-0.1, -0.05) is 12.1 Å². The standard InChI is InChI=1S/C21H23F2N5O/c1-27-13-24-11-18(27)15-2-3-16-10-25-20(9-17(16)8-15)26-21(29)14-4-6-28(7-5-14)12-19(22)23/h2-3,8-11,13-14,19H,4-7,12H2,1H3,(H,25,26,29). The lowest BCUT2D eigenvalue weighted by molar-refractivity contribution is -0.121. The third-order valence-electron chi connectivity index (χ3n) is 5.44. The summed E-state index contributed by atoms with van der Waals surface area (Å²) in [5.41, 5.74) is 2.04. The number of halogens is 2. The van der Waals surface area contributed by atoms with Crippen LogP contribution in [0.25, 0.3) is 22.0 Å². The first-order chi connectivity index (χ1) is 14.0. The molecule has 0 saturated carbocycles. The van der Waals surface area contributed by atoms with E-state index in [9.17, 15) is 13.6 Å². The van der Waals surface area contributed by atoms with Crippen LogP contribution in [-0.2, 0) is 11.8 Å². The van der Waals surface area contributed by atoms with Gasteiger partial charge in [0.2, 0.25) is 5.91 Å². The van der Waals surface area contributed by atoms with Gasteiger partial charge in [0.05, 0.1) is 24.8 Å². The summed E-state index contributed by atoms with van der Waals surface area (Å²) in [5, 5.41) is 4.84.